The highest BCUT2D eigenvalue weighted by Crippen LogP contribution is 2.30. The molecule has 0 aliphatic heterocycles. The van der Waals surface area contributed by atoms with E-state index in [0.29, 0.717) is 11.3 Å². The summed E-state index contributed by atoms with van der Waals surface area (Å²) in [6.07, 6.45) is 4.11. The first kappa shape index (κ1) is 14.2. The molecule has 0 aliphatic rings. The van der Waals surface area contributed by atoms with Crippen LogP contribution in [0.1, 0.15) is 56.1 Å². The molecule has 0 radical (unpaired) electrons. The summed E-state index contributed by atoms with van der Waals surface area (Å²) < 4.78 is 1.72. The first-order valence-corrected chi connectivity index (χ1v) is 6.30. The van der Waals surface area contributed by atoms with Crippen LogP contribution < -0.4 is 5.32 Å². The molecule has 0 saturated heterocycles. The van der Waals surface area contributed by atoms with Crippen LogP contribution in [0.2, 0.25) is 0 Å². The lowest BCUT2D eigenvalue weighted by Gasteiger charge is -2.31. The third-order valence-electron chi connectivity index (χ3n) is 3.77. The summed E-state index contributed by atoms with van der Waals surface area (Å²) in [7, 11) is 1.55. The van der Waals surface area contributed by atoms with Gasteiger partial charge in [-0.05, 0) is 19.3 Å². The second kappa shape index (κ2) is 5.67. The molecule has 0 unspecified atom stereocenters. The smallest absolute Gasteiger partial charge is 0.255 e. The van der Waals surface area contributed by atoms with E-state index in [4.69, 9.17) is 0 Å². The minimum Gasteiger partial charge on any atom is -0.355 e. The van der Waals surface area contributed by atoms with Gasteiger partial charge < -0.3 is 5.32 Å². The lowest BCUT2D eigenvalue weighted by molar-refractivity contribution is 0.0962. The van der Waals surface area contributed by atoms with Gasteiger partial charge in [0.1, 0.15) is 6.07 Å². The van der Waals surface area contributed by atoms with Crippen molar-refractivity contribution in [3.8, 4) is 6.07 Å². The average molecular weight is 248 g/mol. The fraction of sp³-hybridized carbons (Fsp3) is 0.615. The molecule has 5 nitrogen and oxygen atoms in total. The molecule has 1 heterocycles. The number of aromatic nitrogens is 2. The Morgan fingerprint density at radius 1 is 1.44 bits per heavy atom. The maximum Gasteiger partial charge on any atom is 0.255 e. The highest BCUT2D eigenvalue weighted by Gasteiger charge is 2.31. The molecule has 1 aromatic heterocycles. The summed E-state index contributed by atoms with van der Waals surface area (Å²) in [5, 5.41) is 16.1. The van der Waals surface area contributed by atoms with E-state index >= 15 is 0 Å². The van der Waals surface area contributed by atoms with E-state index in [0.717, 1.165) is 19.3 Å². The maximum absolute atomic E-state index is 11.7. The molecule has 0 saturated carbocycles. The summed E-state index contributed by atoms with van der Waals surface area (Å²) in [4.78, 5) is 11.7. The summed E-state index contributed by atoms with van der Waals surface area (Å²) in [5.74, 6) is -0.269. The topological polar surface area (TPSA) is 70.7 Å². The van der Waals surface area contributed by atoms with Crippen molar-refractivity contribution in [1.29, 1.82) is 5.26 Å². The van der Waals surface area contributed by atoms with Gasteiger partial charge in [-0.2, -0.15) is 10.4 Å². The second-order valence-electron chi connectivity index (χ2n) is 4.29. The monoisotopic (exact) mass is 248 g/mol. The van der Waals surface area contributed by atoms with E-state index in [1.165, 1.54) is 6.20 Å². The van der Waals surface area contributed by atoms with Crippen molar-refractivity contribution < 1.29 is 4.79 Å². The number of nitrogens with zero attached hydrogens (tertiary/aromatic N) is 3. The van der Waals surface area contributed by atoms with Crippen molar-refractivity contribution in [3.63, 3.8) is 0 Å². The number of amides is 1. The van der Waals surface area contributed by atoms with Crippen LogP contribution in [0.25, 0.3) is 0 Å². The van der Waals surface area contributed by atoms with Crippen LogP contribution >= 0.6 is 0 Å². The first-order chi connectivity index (χ1) is 8.60. The second-order valence-corrected chi connectivity index (χ2v) is 4.29. The number of nitrogens with one attached hydrogen (secondary N) is 1. The van der Waals surface area contributed by atoms with Crippen molar-refractivity contribution in [1.82, 2.24) is 15.1 Å². The lowest BCUT2D eigenvalue weighted by Crippen LogP contribution is -2.34. The molecule has 0 atom stereocenters. The van der Waals surface area contributed by atoms with Crippen LogP contribution in [0.3, 0.4) is 0 Å². The van der Waals surface area contributed by atoms with Crippen LogP contribution in [-0.2, 0) is 5.54 Å². The average Bonchev–Trinajstić information content (AvgIpc) is 2.85. The summed E-state index contributed by atoms with van der Waals surface area (Å²) in [6.45, 7) is 6.24. The number of carbonyl (C=O) groups is 1. The molecule has 0 fully saturated rings. The Kier molecular flexibility index (Phi) is 4.49. The van der Waals surface area contributed by atoms with Gasteiger partial charge in [-0.3, -0.25) is 4.79 Å². The summed E-state index contributed by atoms with van der Waals surface area (Å²) in [5.41, 5.74) is 0.511. The summed E-state index contributed by atoms with van der Waals surface area (Å²) >= 11 is 0. The van der Waals surface area contributed by atoms with Gasteiger partial charge in [0.05, 0.1) is 17.3 Å². The van der Waals surface area contributed by atoms with Gasteiger partial charge in [-0.15, -0.1) is 0 Å². The standard InChI is InChI=1S/C13H20N4O/c1-5-13(6-2,7-3)17-11(8-14)10(9-16-17)12(18)15-4/h9H,5-7H2,1-4H3,(H,15,18). The third-order valence-corrected chi connectivity index (χ3v) is 3.77. The van der Waals surface area contributed by atoms with Crippen LogP contribution in [-0.4, -0.2) is 22.7 Å². The van der Waals surface area contributed by atoms with E-state index in [9.17, 15) is 10.1 Å². The maximum atomic E-state index is 11.7. The fourth-order valence-electron chi connectivity index (χ4n) is 2.32. The molecular formula is C13H20N4O. The van der Waals surface area contributed by atoms with Gasteiger partial charge in [-0.1, -0.05) is 20.8 Å². The molecule has 0 aromatic carbocycles. The minimum atomic E-state index is -0.269. The molecule has 0 aliphatic carbocycles. The van der Waals surface area contributed by atoms with Crippen LogP contribution in [0.4, 0.5) is 0 Å². The quantitative estimate of drug-likeness (QED) is 0.866. The highest BCUT2D eigenvalue weighted by molar-refractivity contribution is 5.95. The third kappa shape index (κ3) is 2.10. The largest absolute Gasteiger partial charge is 0.355 e. The Bertz CT molecular complexity index is 458. The van der Waals surface area contributed by atoms with Gasteiger partial charge in [0.15, 0.2) is 5.69 Å². The Hall–Kier alpha value is -1.83. The number of rotatable bonds is 5. The zero-order chi connectivity index (χ0) is 13.8. The minimum absolute atomic E-state index is 0.183. The van der Waals surface area contributed by atoms with Crippen molar-refractivity contribution in [3.05, 3.63) is 17.5 Å². The van der Waals surface area contributed by atoms with E-state index < -0.39 is 0 Å². The van der Waals surface area contributed by atoms with Crippen LogP contribution in [0.5, 0.6) is 0 Å². The first-order valence-electron chi connectivity index (χ1n) is 6.30. The number of hydrogen-bond donors (Lipinski definition) is 1. The SMILES string of the molecule is CCC(CC)(CC)n1ncc(C(=O)NC)c1C#N. The molecule has 1 aromatic rings. The van der Waals surface area contributed by atoms with Crippen molar-refractivity contribution in [2.45, 2.75) is 45.6 Å². The number of nitriles is 1. The van der Waals surface area contributed by atoms with E-state index in [1.54, 1.807) is 11.7 Å². The lowest BCUT2D eigenvalue weighted by atomic mass is 9.89. The zero-order valence-electron chi connectivity index (χ0n) is 11.4. The molecule has 0 spiro atoms. The Morgan fingerprint density at radius 2 is 2.00 bits per heavy atom. The van der Waals surface area contributed by atoms with Crippen molar-refractivity contribution in [2.75, 3.05) is 7.05 Å². The highest BCUT2D eigenvalue weighted by atomic mass is 16.1. The predicted octanol–water partition coefficient (Wildman–Crippen LogP) is 2.04. The number of carbonyl (C=O) groups excluding carboxylic acids is 1. The number of hydrogen-bond acceptors (Lipinski definition) is 3. The Balaban J connectivity index is 3.39. The fourth-order valence-corrected chi connectivity index (χ4v) is 2.32. The van der Waals surface area contributed by atoms with Gasteiger partial charge in [0, 0.05) is 7.05 Å². The van der Waals surface area contributed by atoms with Gasteiger partial charge in [0.2, 0.25) is 0 Å². The van der Waals surface area contributed by atoms with Gasteiger partial charge >= 0.3 is 0 Å². The van der Waals surface area contributed by atoms with E-state index in [1.807, 2.05) is 0 Å². The molecule has 5 heteroatoms. The predicted molar refractivity (Wildman–Crippen MR) is 69.2 cm³/mol. The van der Waals surface area contributed by atoms with Crippen LogP contribution in [0.15, 0.2) is 6.20 Å². The Morgan fingerprint density at radius 3 is 2.39 bits per heavy atom. The normalized spacial score (nSPS) is 11.1. The Labute approximate surface area is 108 Å². The molecular weight excluding hydrogens is 228 g/mol. The molecule has 18 heavy (non-hydrogen) atoms. The van der Waals surface area contributed by atoms with Crippen LogP contribution in [0, 0.1) is 11.3 Å². The molecule has 1 amide bonds. The molecule has 1 N–H and O–H groups in total. The molecule has 1 rings (SSSR count). The molecule has 0 bridgehead atoms. The van der Waals surface area contributed by atoms with Gasteiger partial charge in [-0.25, -0.2) is 4.68 Å². The van der Waals surface area contributed by atoms with Crippen molar-refractivity contribution >= 4 is 5.91 Å². The van der Waals surface area contributed by atoms with Gasteiger partial charge in [0.25, 0.3) is 5.91 Å². The van der Waals surface area contributed by atoms with E-state index in [2.05, 4.69) is 37.3 Å². The molecule has 98 valence electrons. The van der Waals surface area contributed by atoms with Crippen molar-refractivity contribution in [2.24, 2.45) is 0 Å². The van der Waals surface area contributed by atoms with E-state index in [-0.39, 0.29) is 11.4 Å². The summed E-state index contributed by atoms with van der Waals surface area (Å²) in [6, 6.07) is 2.11. The zero-order valence-corrected chi connectivity index (χ0v) is 11.4.